The van der Waals surface area contributed by atoms with Crippen molar-refractivity contribution in [3.05, 3.63) is 21.0 Å². The van der Waals surface area contributed by atoms with Gasteiger partial charge in [0.2, 0.25) is 0 Å². The number of aryl methyl sites for hydroxylation is 1. The third kappa shape index (κ3) is 4.07. The third-order valence-electron chi connectivity index (χ3n) is 4.04. The highest BCUT2D eigenvalue weighted by molar-refractivity contribution is 9.10. The first-order valence-corrected chi connectivity index (χ1v) is 8.61. The van der Waals surface area contributed by atoms with Crippen molar-refractivity contribution in [1.82, 2.24) is 15.1 Å². The molecule has 0 bridgehead atoms. The Bertz CT molecular complexity index is 515. The number of rotatable bonds is 6. The van der Waals surface area contributed by atoms with Gasteiger partial charge in [-0.2, -0.15) is 5.10 Å². The molecule has 1 N–H and O–H groups in total. The highest BCUT2D eigenvalue weighted by Gasteiger charge is 2.22. The summed E-state index contributed by atoms with van der Waals surface area (Å²) in [4.78, 5) is 14.6. The van der Waals surface area contributed by atoms with Crippen LogP contribution < -0.4 is 15.8 Å². The summed E-state index contributed by atoms with van der Waals surface area (Å²) in [6, 6.07) is 0. The first-order chi connectivity index (χ1) is 10.2. The Hall–Kier alpha value is -0.880. The second-order valence-electron chi connectivity index (χ2n) is 5.74. The number of hydrogen-bond acceptors (Lipinski definition) is 4. The zero-order valence-corrected chi connectivity index (χ0v) is 14.5. The molecule has 1 fully saturated rings. The lowest BCUT2D eigenvalue weighted by molar-refractivity contribution is 0.401. The molecule has 0 aromatic carbocycles. The van der Waals surface area contributed by atoms with Gasteiger partial charge in [0.05, 0.1) is 11.9 Å². The van der Waals surface area contributed by atoms with Crippen molar-refractivity contribution in [1.29, 1.82) is 0 Å². The predicted octanol–water partition coefficient (Wildman–Crippen LogP) is 2.24. The van der Waals surface area contributed by atoms with E-state index in [4.69, 9.17) is 0 Å². The number of halogens is 1. The number of nitrogens with zero attached hydrogens (tertiary/aromatic N) is 3. The molecule has 1 aromatic rings. The quantitative estimate of drug-likeness (QED) is 0.849. The van der Waals surface area contributed by atoms with Crippen molar-refractivity contribution in [3.63, 3.8) is 0 Å². The summed E-state index contributed by atoms with van der Waals surface area (Å²) in [7, 11) is 1.99. The van der Waals surface area contributed by atoms with Gasteiger partial charge in [0.25, 0.3) is 5.56 Å². The highest BCUT2D eigenvalue weighted by atomic mass is 79.9. The van der Waals surface area contributed by atoms with E-state index in [0.717, 1.165) is 44.6 Å². The summed E-state index contributed by atoms with van der Waals surface area (Å²) >= 11 is 3.49. The molecule has 6 heteroatoms. The average Bonchev–Trinajstić information content (AvgIpc) is 2.49. The van der Waals surface area contributed by atoms with Gasteiger partial charge in [-0.05, 0) is 54.7 Å². The molecule has 1 unspecified atom stereocenters. The molecule has 1 atom stereocenters. The molecule has 1 aromatic heterocycles. The largest absolute Gasteiger partial charge is 0.369 e. The van der Waals surface area contributed by atoms with Gasteiger partial charge in [-0.15, -0.1) is 0 Å². The summed E-state index contributed by atoms with van der Waals surface area (Å²) in [5.74, 6) is 0.637. The lowest BCUT2D eigenvalue weighted by Gasteiger charge is -2.34. The molecule has 0 radical (unpaired) electrons. The van der Waals surface area contributed by atoms with Gasteiger partial charge in [0, 0.05) is 19.6 Å². The molecule has 21 heavy (non-hydrogen) atoms. The van der Waals surface area contributed by atoms with Gasteiger partial charge in [0.15, 0.2) is 0 Å². The Kier molecular flexibility index (Phi) is 6.23. The molecule has 0 saturated carbocycles. The number of nitrogens with one attached hydrogen (secondary N) is 1. The molecule has 0 amide bonds. The average molecular weight is 357 g/mol. The standard InChI is InChI=1S/C15H25BrN4O/c1-3-4-8-20-15(21)14(16)13(10-18-20)19-7-5-6-12(11-19)9-17-2/h10,12,17H,3-9,11H2,1-2H3. The SMILES string of the molecule is CCCCn1ncc(N2CCCC(CNC)C2)c(Br)c1=O. The van der Waals surface area contributed by atoms with E-state index < -0.39 is 0 Å². The van der Waals surface area contributed by atoms with E-state index >= 15 is 0 Å². The van der Waals surface area contributed by atoms with Crippen LogP contribution in [0.1, 0.15) is 32.6 Å². The van der Waals surface area contributed by atoms with Gasteiger partial charge in [-0.1, -0.05) is 13.3 Å². The summed E-state index contributed by atoms with van der Waals surface area (Å²) in [5, 5.41) is 7.59. The maximum absolute atomic E-state index is 12.4. The molecule has 1 aliphatic heterocycles. The van der Waals surface area contributed by atoms with E-state index in [1.807, 2.05) is 13.2 Å². The van der Waals surface area contributed by atoms with Crippen LogP contribution in [0.15, 0.2) is 15.5 Å². The van der Waals surface area contributed by atoms with Crippen LogP contribution in [0.2, 0.25) is 0 Å². The normalized spacial score (nSPS) is 19.0. The third-order valence-corrected chi connectivity index (χ3v) is 4.79. The molecule has 1 aliphatic rings. The van der Waals surface area contributed by atoms with E-state index in [-0.39, 0.29) is 5.56 Å². The van der Waals surface area contributed by atoms with E-state index in [9.17, 15) is 4.79 Å². The summed E-state index contributed by atoms with van der Waals surface area (Å²) in [6.45, 7) is 5.81. The molecule has 2 heterocycles. The van der Waals surface area contributed by atoms with Gasteiger partial charge < -0.3 is 10.2 Å². The van der Waals surface area contributed by atoms with Crippen LogP contribution in [-0.4, -0.2) is 36.5 Å². The Morgan fingerprint density at radius 3 is 3.05 bits per heavy atom. The van der Waals surface area contributed by atoms with Crippen LogP contribution in [0.5, 0.6) is 0 Å². The lowest BCUT2D eigenvalue weighted by atomic mass is 9.98. The number of unbranched alkanes of at least 4 members (excludes halogenated alkanes) is 1. The van der Waals surface area contributed by atoms with Crippen LogP contribution in [0.25, 0.3) is 0 Å². The van der Waals surface area contributed by atoms with Gasteiger partial charge in [-0.3, -0.25) is 4.79 Å². The van der Waals surface area contributed by atoms with Crippen molar-refractivity contribution in [2.24, 2.45) is 5.92 Å². The predicted molar refractivity (Wildman–Crippen MR) is 90.0 cm³/mol. The topological polar surface area (TPSA) is 50.2 Å². The van der Waals surface area contributed by atoms with Gasteiger partial charge in [-0.25, -0.2) is 4.68 Å². The van der Waals surface area contributed by atoms with Gasteiger partial charge >= 0.3 is 0 Å². The summed E-state index contributed by atoms with van der Waals surface area (Å²) in [5.41, 5.74) is 0.922. The van der Waals surface area contributed by atoms with Crippen molar-refractivity contribution in [3.8, 4) is 0 Å². The zero-order chi connectivity index (χ0) is 15.2. The Labute approximate surface area is 134 Å². The maximum Gasteiger partial charge on any atom is 0.283 e. The van der Waals surface area contributed by atoms with E-state index in [0.29, 0.717) is 16.9 Å². The number of anilines is 1. The van der Waals surface area contributed by atoms with Crippen molar-refractivity contribution in [2.75, 3.05) is 31.6 Å². The lowest BCUT2D eigenvalue weighted by Crippen LogP contribution is -2.40. The Balaban J connectivity index is 2.16. The Morgan fingerprint density at radius 1 is 1.52 bits per heavy atom. The summed E-state index contributed by atoms with van der Waals surface area (Å²) < 4.78 is 2.21. The van der Waals surface area contributed by atoms with Crippen LogP contribution >= 0.6 is 15.9 Å². The molecule has 0 spiro atoms. The van der Waals surface area contributed by atoms with Crippen LogP contribution in [0.3, 0.4) is 0 Å². The first kappa shape index (κ1) is 16.5. The van der Waals surface area contributed by atoms with Crippen LogP contribution in [0.4, 0.5) is 5.69 Å². The number of hydrogen-bond donors (Lipinski definition) is 1. The van der Waals surface area contributed by atoms with Gasteiger partial charge in [0.1, 0.15) is 4.47 Å². The minimum Gasteiger partial charge on any atom is -0.369 e. The fourth-order valence-electron chi connectivity index (χ4n) is 2.88. The molecular formula is C15H25BrN4O. The van der Waals surface area contributed by atoms with Crippen molar-refractivity contribution >= 4 is 21.6 Å². The fourth-order valence-corrected chi connectivity index (χ4v) is 3.44. The highest BCUT2D eigenvalue weighted by Crippen LogP contribution is 2.26. The van der Waals surface area contributed by atoms with Crippen molar-refractivity contribution in [2.45, 2.75) is 39.2 Å². The van der Waals surface area contributed by atoms with Crippen LogP contribution in [0, 0.1) is 5.92 Å². The number of piperidine rings is 1. The van der Waals surface area contributed by atoms with E-state index in [1.165, 1.54) is 6.42 Å². The second-order valence-corrected chi connectivity index (χ2v) is 6.53. The molecule has 118 valence electrons. The van der Waals surface area contributed by atoms with Crippen LogP contribution in [-0.2, 0) is 6.54 Å². The minimum absolute atomic E-state index is 0.0170. The Morgan fingerprint density at radius 2 is 2.33 bits per heavy atom. The molecule has 0 aliphatic carbocycles. The first-order valence-electron chi connectivity index (χ1n) is 7.82. The van der Waals surface area contributed by atoms with E-state index in [2.05, 4.69) is 38.2 Å². The fraction of sp³-hybridized carbons (Fsp3) is 0.733. The minimum atomic E-state index is -0.0170. The van der Waals surface area contributed by atoms with Crippen molar-refractivity contribution < 1.29 is 0 Å². The molecule has 5 nitrogen and oxygen atoms in total. The zero-order valence-electron chi connectivity index (χ0n) is 12.9. The smallest absolute Gasteiger partial charge is 0.283 e. The summed E-state index contributed by atoms with van der Waals surface area (Å²) in [6.07, 6.45) is 6.29. The number of aromatic nitrogens is 2. The molecule has 2 rings (SSSR count). The van der Waals surface area contributed by atoms with E-state index in [1.54, 1.807) is 4.68 Å². The molecule has 1 saturated heterocycles. The monoisotopic (exact) mass is 356 g/mol. The molecular weight excluding hydrogens is 332 g/mol. The second kappa shape index (κ2) is 7.94. The maximum atomic E-state index is 12.4.